The highest BCUT2D eigenvalue weighted by Crippen LogP contribution is 2.25. The summed E-state index contributed by atoms with van der Waals surface area (Å²) in [4.78, 5) is 36.0. The van der Waals surface area contributed by atoms with E-state index in [9.17, 15) is 14.4 Å². The molecule has 0 aliphatic heterocycles. The van der Waals surface area contributed by atoms with Crippen molar-refractivity contribution in [3.8, 4) is 0 Å². The summed E-state index contributed by atoms with van der Waals surface area (Å²) >= 11 is 0. The van der Waals surface area contributed by atoms with Crippen molar-refractivity contribution >= 4 is 17.5 Å². The van der Waals surface area contributed by atoms with Gasteiger partial charge in [0.2, 0.25) is 0 Å². The molecule has 4 heteroatoms. The topological polar surface area (TPSA) is 60.4 Å². The van der Waals surface area contributed by atoms with E-state index in [2.05, 4.69) is 0 Å². The lowest BCUT2D eigenvalue weighted by molar-refractivity contribution is -0.173. The maximum atomic E-state index is 12.3. The van der Waals surface area contributed by atoms with E-state index >= 15 is 0 Å². The molecule has 0 unspecified atom stereocenters. The summed E-state index contributed by atoms with van der Waals surface area (Å²) < 4.78 is 5.21. The number of carbonyl (C=O) groups excluding carboxylic acids is 3. The zero-order chi connectivity index (χ0) is 16.3. The van der Waals surface area contributed by atoms with Gasteiger partial charge in [0.15, 0.2) is 17.2 Å². The van der Waals surface area contributed by atoms with E-state index < -0.39 is 17.0 Å². The molecule has 21 heavy (non-hydrogen) atoms. The van der Waals surface area contributed by atoms with Crippen LogP contribution in [0.15, 0.2) is 30.3 Å². The zero-order valence-electron chi connectivity index (χ0n) is 13.2. The van der Waals surface area contributed by atoms with E-state index in [1.54, 1.807) is 0 Å². The maximum Gasteiger partial charge on any atom is 0.320 e. The quantitative estimate of drug-likeness (QED) is 0.597. The Morgan fingerprint density at radius 1 is 1.00 bits per heavy atom. The predicted octanol–water partition coefficient (Wildman–Crippen LogP) is 2.74. The smallest absolute Gasteiger partial charge is 0.320 e. The second-order valence-corrected chi connectivity index (χ2v) is 6.17. The molecular weight excluding hydrogens is 268 g/mol. The Labute approximate surface area is 125 Å². The van der Waals surface area contributed by atoms with E-state index in [-0.39, 0.29) is 18.0 Å². The molecule has 1 aromatic carbocycles. The average Bonchev–Trinajstić information content (AvgIpc) is 2.39. The van der Waals surface area contributed by atoms with Crippen molar-refractivity contribution in [1.82, 2.24) is 0 Å². The van der Waals surface area contributed by atoms with Crippen LogP contribution in [0.1, 0.15) is 40.2 Å². The van der Waals surface area contributed by atoms with Gasteiger partial charge in [-0.1, -0.05) is 30.3 Å². The minimum Gasteiger partial charge on any atom is -0.451 e. The number of carbonyl (C=O) groups is 3. The first-order valence-corrected chi connectivity index (χ1v) is 6.89. The Kier molecular flexibility index (Phi) is 5.05. The van der Waals surface area contributed by atoms with E-state index in [1.807, 2.05) is 30.3 Å². The molecule has 0 saturated carbocycles. The van der Waals surface area contributed by atoms with Gasteiger partial charge in [0.05, 0.1) is 0 Å². The molecule has 0 radical (unpaired) electrons. The van der Waals surface area contributed by atoms with Gasteiger partial charge in [-0.3, -0.25) is 14.4 Å². The second-order valence-electron chi connectivity index (χ2n) is 6.17. The summed E-state index contributed by atoms with van der Waals surface area (Å²) in [5, 5.41) is 0. The van der Waals surface area contributed by atoms with Gasteiger partial charge in [0.1, 0.15) is 5.41 Å². The number of ketones is 2. The Hall–Kier alpha value is -1.97. The van der Waals surface area contributed by atoms with Gasteiger partial charge in [-0.2, -0.15) is 0 Å². The van der Waals surface area contributed by atoms with Crippen molar-refractivity contribution in [3.63, 3.8) is 0 Å². The highest BCUT2D eigenvalue weighted by Gasteiger charge is 2.41. The van der Waals surface area contributed by atoms with Crippen LogP contribution in [0.25, 0.3) is 0 Å². The van der Waals surface area contributed by atoms with Crippen LogP contribution in [0, 0.1) is 5.41 Å². The molecule has 0 bridgehead atoms. The molecule has 0 aromatic heterocycles. The molecule has 0 aliphatic carbocycles. The zero-order valence-corrected chi connectivity index (χ0v) is 13.2. The maximum absolute atomic E-state index is 12.3. The third kappa shape index (κ3) is 4.25. The summed E-state index contributed by atoms with van der Waals surface area (Å²) in [5.41, 5.74) is -1.67. The average molecular weight is 290 g/mol. The second kappa shape index (κ2) is 6.20. The van der Waals surface area contributed by atoms with Crippen LogP contribution in [0.3, 0.4) is 0 Å². The van der Waals surface area contributed by atoms with Crippen LogP contribution < -0.4 is 0 Å². The number of Topliss-reactive ketones (excluding diaryl/α,β-unsaturated/α-hetero) is 2. The van der Waals surface area contributed by atoms with Gasteiger partial charge in [-0.25, -0.2) is 0 Å². The first kappa shape index (κ1) is 17.1. The Bertz CT molecular complexity index is 541. The molecule has 0 aliphatic rings. The third-order valence-corrected chi connectivity index (χ3v) is 3.61. The minimum atomic E-state index is -1.29. The van der Waals surface area contributed by atoms with Crippen LogP contribution in [-0.2, 0) is 25.5 Å². The summed E-state index contributed by atoms with van der Waals surface area (Å²) in [6.07, 6.45) is 0.156. The molecule has 0 saturated heterocycles. The minimum absolute atomic E-state index is 0.156. The van der Waals surface area contributed by atoms with E-state index in [1.165, 1.54) is 34.6 Å². The first-order valence-electron chi connectivity index (χ1n) is 6.89. The van der Waals surface area contributed by atoms with Gasteiger partial charge in [0, 0.05) is 6.42 Å². The molecule has 0 N–H and O–H groups in total. The van der Waals surface area contributed by atoms with Crippen molar-refractivity contribution in [3.05, 3.63) is 35.9 Å². The lowest BCUT2D eigenvalue weighted by Gasteiger charge is -2.28. The van der Waals surface area contributed by atoms with Crippen LogP contribution >= 0.6 is 0 Å². The molecular formula is C17H22O4. The summed E-state index contributed by atoms with van der Waals surface area (Å²) in [5.74, 6) is -1.18. The summed E-state index contributed by atoms with van der Waals surface area (Å²) in [7, 11) is 0. The summed E-state index contributed by atoms with van der Waals surface area (Å²) in [6.45, 7) is 7.44. The largest absolute Gasteiger partial charge is 0.451 e. The lowest BCUT2D eigenvalue weighted by Crippen LogP contribution is -2.43. The molecule has 4 nitrogen and oxygen atoms in total. The Balaban J connectivity index is 2.82. The normalized spacial score (nSPS) is 11.9. The highest BCUT2D eigenvalue weighted by molar-refractivity contribution is 6.04. The lowest BCUT2D eigenvalue weighted by atomic mass is 9.84. The highest BCUT2D eigenvalue weighted by atomic mass is 16.6. The van der Waals surface area contributed by atoms with Crippen LogP contribution in [0.5, 0.6) is 0 Å². The molecule has 0 atom stereocenters. The molecule has 0 heterocycles. The van der Waals surface area contributed by atoms with E-state index in [0.717, 1.165) is 5.56 Å². The Morgan fingerprint density at radius 3 is 2.00 bits per heavy atom. The van der Waals surface area contributed by atoms with Crippen LogP contribution in [0.2, 0.25) is 0 Å². The van der Waals surface area contributed by atoms with Crippen molar-refractivity contribution in [2.24, 2.45) is 5.41 Å². The van der Waals surface area contributed by atoms with Gasteiger partial charge in [-0.15, -0.1) is 0 Å². The molecule has 1 aromatic rings. The van der Waals surface area contributed by atoms with Crippen LogP contribution in [0.4, 0.5) is 0 Å². The first-order chi connectivity index (χ1) is 9.57. The standard InChI is InChI=1S/C17H22O4/c1-12(18)17(4,5)21-15(20)16(2,3)14(19)11-13-9-7-6-8-10-13/h6-10H,11H2,1-5H3. The molecule has 0 spiro atoms. The van der Waals surface area contributed by atoms with Crippen molar-refractivity contribution in [2.45, 2.75) is 46.6 Å². The van der Waals surface area contributed by atoms with E-state index in [0.29, 0.717) is 0 Å². The van der Waals surface area contributed by atoms with Crippen molar-refractivity contribution in [1.29, 1.82) is 0 Å². The summed E-state index contributed by atoms with van der Waals surface area (Å²) in [6, 6.07) is 9.21. The number of esters is 1. The fourth-order valence-corrected chi connectivity index (χ4v) is 1.55. The number of ether oxygens (including phenoxy) is 1. The molecule has 1 rings (SSSR count). The van der Waals surface area contributed by atoms with Crippen molar-refractivity contribution in [2.75, 3.05) is 0 Å². The fourth-order valence-electron chi connectivity index (χ4n) is 1.55. The number of benzene rings is 1. The Morgan fingerprint density at radius 2 is 1.52 bits per heavy atom. The van der Waals surface area contributed by atoms with Crippen LogP contribution in [-0.4, -0.2) is 23.1 Å². The fraction of sp³-hybridized carbons (Fsp3) is 0.471. The van der Waals surface area contributed by atoms with Gasteiger partial charge >= 0.3 is 5.97 Å². The van der Waals surface area contributed by atoms with Gasteiger partial charge in [-0.05, 0) is 40.2 Å². The monoisotopic (exact) mass is 290 g/mol. The van der Waals surface area contributed by atoms with Gasteiger partial charge < -0.3 is 4.74 Å². The predicted molar refractivity (Wildman–Crippen MR) is 79.8 cm³/mol. The molecule has 0 fully saturated rings. The van der Waals surface area contributed by atoms with Gasteiger partial charge in [0.25, 0.3) is 0 Å². The van der Waals surface area contributed by atoms with Crippen molar-refractivity contribution < 1.29 is 19.1 Å². The SMILES string of the molecule is CC(=O)C(C)(C)OC(=O)C(C)(C)C(=O)Cc1ccccc1. The number of hydrogen-bond donors (Lipinski definition) is 0. The van der Waals surface area contributed by atoms with E-state index in [4.69, 9.17) is 4.74 Å². The number of rotatable bonds is 6. The third-order valence-electron chi connectivity index (χ3n) is 3.61. The molecule has 0 amide bonds. The molecule has 114 valence electrons. The number of hydrogen-bond acceptors (Lipinski definition) is 4.